The third kappa shape index (κ3) is 5.87. The Hall–Kier alpha value is -1.36. The number of ether oxygens (including phenoxy) is 2. The fraction of sp³-hybridized carbons (Fsp3) is 0.571. The molecular weight excluding hydrogens is 252 g/mol. The summed E-state index contributed by atoms with van der Waals surface area (Å²) in [6.07, 6.45) is 0. The van der Waals surface area contributed by atoms with Crippen LogP contribution in [0.3, 0.4) is 0 Å². The van der Waals surface area contributed by atoms with Gasteiger partial charge in [0, 0.05) is 12.1 Å². The molecule has 3 nitrogen and oxygen atoms in total. The van der Waals surface area contributed by atoms with Crippen LogP contribution < -0.4 is 14.8 Å². The molecule has 0 heterocycles. The molecule has 1 rings (SSSR count). The molecule has 0 atom stereocenters. The van der Waals surface area contributed by atoms with E-state index in [1.54, 1.807) is 19.1 Å². The Labute approximate surface area is 112 Å². The van der Waals surface area contributed by atoms with Gasteiger partial charge >= 0.3 is 6.61 Å². The lowest BCUT2D eigenvalue weighted by Gasteiger charge is -2.21. The van der Waals surface area contributed by atoms with Gasteiger partial charge in [0.15, 0.2) is 11.5 Å². The summed E-state index contributed by atoms with van der Waals surface area (Å²) in [6.45, 7) is 6.17. The molecule has 108 valence electrons. The van der Waals surface area contributed by atoms with Crippen molar-refractivity contribution in [3.05, 3.63) is 23.8 Å². The van der Waals surface area contributed by atoms with E-state index in [1.165, 1.54) is 6.07 Å². The molecule has 0 aromatic heterocycles. The second-order valence-electron chi connectivity index (χ2n) is 5.20. The number of nitrogens with one attached hydrogen (secondary N) is 1. The van der Waals surface area contributed by atoms with Crippen molar-refractivity contribution >= 4 is 0 Å². The second kappa shape index (κ2) is 6.70. The smallest absolute Gasteiger partial charge is 0.387 e. The van der Waals surface area contributed by atoms with Gasteiger partial charge in [0.05, 0.1) is 6.61 Å². The van der Waals surface area contributed by atoms with Crippen LogP contribution in [0, 0.1) is 0 Å². The van der Waals surface area contributed by atoms with Crippen LogP contribution >= 0.6 is 0 Å². The van der Waals surface area contributed by atoms with Crippen LogP contribution in [-0.2, 0) is 6.54 Å². The predicted molar refractivity (Wildman–Crippen MR) is 70.8 cm³/mol. The van der Waals surface area contributed by atoms with E-state index in [4.69, 9.17) is 4.74 Å². The summed E-state index contributed by atoms with van der Waals surface area (Å²) in [7, 11) is 0. The van der Waals surface area contributed by atoms with Crippen molar-refractivity contribution in [2.45, 2.75) is 46.4 Å². The van der Waals surface area contributed by atoms with E-state index < -0.39 is 6.61 Å². The number of benzene rings is 1. The molecule has 0 aliphatic heterocycles. The zero-order valence-electron chi connectivity index (χ0n) is 11.8. The van der Waals surface area contributed by atoms with E-state index >= 15 is 0 Å². The maximum absolute atomic E-state index is 12.3. The fourth-order valence-electron chi connectivity index (χ4n) is 1.49. The highest BCUT2D eigenvalue weighted by atomic mass is 19.3. The lowest BCUT2D eigenvalue weighted by molar-refractivity contribution is -0.0514. The van der Waals surface area contributed by atoms with Crippen molar-refractivity contribution in [3.8, 4) is 11.5 Å². The maximum Gasteiger partial charge on any atom is 0.387 e. The van der Waals surface area contributed by atoms with E-state index in [0.717, 1.165) is 5.56 Å². The van der Waals surface area contributed by atoms with Gasteiger partial charge in [-0.2, -0.15) is 8.78 Å². The molecule has 19 heavy (non-hydrogen) atoms. The Kier molecular flexibility index (Phi) is 5.54. The molecule has 0 aliphatic rings. The summed E-state index contributed by atoms with van der Waals surface area (Å²) in [5.74, 6) is 0.410. The number of halogens is 2. The minimum absolute atomic E-state index is 0.01000. The lowest BCUT2D eigenvalue weighted by atomic mass is 10.1. The minimum atomic E-state index is -2.85. The van der Waals surface area contributed by atoms with Gasteiger partial charge in [-0.25, -0.2) is 0 Å². The van der Waals surface area contributed by atoms with E-state index in [9.17, 15) is 8.78 Å². The van der Waals surface area contributed by atoms with Crippen molar-refractivity contribution in [2.24, 2.45) is 0 Å². The van der Waals surface area contributed by atoms with Gasteiger partial charge in [-0.05, 0) is 45.4 Å². The molecule has 0 saturated carbocycles. The first kappa shape index (κ1) is 15.7. The van der Waals surface area contributed by atoms with Crippen molar-refractivity contribution in [2.75, 3.05) is 6.61 Å². The standard InChI is InChI=1S/C14H21F2NO2/c1-5-18-12-8-10(9-17-14(2,3)4)6-7-11(12)19-13(15)16/h6-8,13,17H,5,9H2,1-4H3. The molecule has 0 fully saturated rings. The third-order valence-electron chi connectivity index (χ3n) is 2.35. The molecule has 5 heteroatoms. The van der Waals surface area contributed by atoms with E-state index in [-0.39, 0.29) is 11.3 Å². The molecule has 0 radical (unpaired) electrons. The van der Waals surface area contributed by atoms with Gasteiger partial charge in [-0.15, -0.1) is 0 Å². The van der Waals surface area contributed by atoms with Crippen LogP contribution in [-0.4, -0.2) is 18.8 Å². The van der Waals surface area contributed by atoms with Gasteiger partial charge < -0.3 is 14.8 Å². The molecule has 1 N–H and O–H groups in total. The average Bonchev–Trinajstić information content (AvgIpc) is 2.28. The largest absolute Gasteiger partial charge is 0.490 e. The summed E-state index contributed by atoms with van der Waals surface area (Å²) in [4.78, 5) is 0. The van der Waals surface area contributed by atoms with E-state index in [0.29, 0.717) is 18.9 Å². The maximum atomic E-state index is 12.3. The Morgan fingerprint density at radius 2 is 1.89 bits per heavy atom. The lowest BCUT2D eigenvalue weighted by Crippen LogP contribution is -2.35. The highest BCUT2D eigenvalue weighted by molar-refractivity contribution is 5.43. The van der Waals surface area contributed by atoms with Crippen LogP contribution in [0.4, 0.5) is 8.78 Å². The van der Waals surface area contributed by atoms with Crippen LogP contribution in [0.15, 0.2) is 18.2 Å². The third-order valence-corrected chi connectivity index (χ3v) is 2.35. The number of rotatable bonds is 6. The molecule has 0 bridgehead atoms. The molecule has 0 aliphatic carbocycles. The normalized spacial score (nSPS) is 11.7. The van der Waals surface area contributed by atoms with E-state index in [1.807, 2.05) is 0 Å². The minimum Gasteiger partial charge on any atom is -0.490 e. The first-order chi connectivity index (χ1) is 8.81. The summed E-state index contributed by atoms with van der Waals surface area (Å²) in [5.41, 5.74) is 0.948. The zero-order chi connectivity index (χ0) is 14.5. The molecule has 1 aromatic rings. The van der Waals surface area contributed by atoms with Crippen LogP contribution in [0.2, 0.25) is 0 Å². The van der Waals surface area contributed by atoms with Crippen LogP contribution in [0.5, 0.6) is 11.5 Å². The topological polar surface area (TPSA) is 30.5 Å². The summed E-state index contributed by atoms with van der Waals surface area (Å²) >= 11 is 0. The molecule has 0 spiro atoms. The highest BCUT2D eigenvalue weighted by Crippen LogP contribution is 2.30. The molecule has 0 amide bonds. The molecular formula is C14H21F2NO2. The SMILES string of the molecule is CCOc1cc(CNC(C)(C)C)ccc1OC(F)F. The van der Waals surface area contributed by atoms with Crippen LogP contribution in [0.25, 0.3) is 0 Å². The number of alkyl halides is 2. The Morgan fingerprint density at radius 1 is 1.21 bits per heavy atom. The Morgan fingerprint density at radius 3 is 2.42 bits per heavy atom. The predicted octanol–water partition coefficient (Wildman–Crippen LogP) is 3.57. The average molecular weight is 273 g/mol. The van der Waals surface area contributed by atoms with Gasteiger partial charge in [-0.3, -0.25) is 0 Å². The zero-order valence-corrected chi connectivity index (χ0v) is 11.8. The van der Waals surface area contributed by atoms with Gasteiger partial charge in [0.25, 0.3) is 0 Å². The van der Waals surface area contributed by atoms with Crippen molar-refractivity contribution in [3.63, 3.8) is 0 Å². The number of hydrogen-bond acceptors (Lipinski definition) is 3. The van der Waals surface area contributed by atoms with E-state index in [2.05, 4.69) is 30.8 Å². The van der Waals surface area contributed by atoms with Gasteiger partial charge in [0.1, 0.15) is 0 Å². The van der Waals surface area contributed by atoms with Crippen molar-refractivity contribution in [1.29, 1.82) is 0 Å². The quantitative estimate of drug-likeness (QED) is 0.859. The van der Waals surface area contributed by atoms with Crippen molar-refractivity contribution in [1.82, 2.24) is 5.32 Å². The Balaban J connectivity index is 2.83. The molecule has 0 unspecified atom stereocenters. The summed E-state index contributed by atoms with van der Waals surface area (Å²) in [5, 5.41) is 3.32. The monoisotopic (exact) mass is 273 g/mol. The second-order valence-corrected chi connectivity index (χ2v) is 5.20. The summed E-state index contributed by atoms with van der Waals surface area (Å²) in [6, 6.07) is 4.98. The fourth-order valence-corrected chi connectivity index (χ4v) is 1.49. The van der Waals surface area contributed by atoms with Crippen molar-refractivity contribution < 1.29 is 18.3 Å². The molecule has 1 aromatic carbocycles. The first-order valence-electron chi connectivity index (χ1n) is 6.27. The highest BCUT2D eigenvalue weighted by Gasteiger charge is 2.13. The summed E-state index contributed by atoms with van der Waals surface area (Å²) < 4.78 is 34.3. The molecule has 0 saturated heterocycles. The number of hydrogen-bond donors (Lipinski definition) is 1. The Bertz CT molecular complexity index is 403. The van der Waals surface area contributed by atoms with Gasteiger partial charge in [-0.1, -0.05) is 6.07 Å². The van der Waals surface area contributed by atoms with Crippen LogP contribution in [0.1, 0.15) is 33.3 Å². The van der Waals surface area contributed by atoms with Gasteiger partial charge in [0.2, 0.25) is 0 Å². The first-order valence-corrected chi connectivity index (χ1v) is 6.27.